The maximum atomic E-state index is 7.15. The molecule has 0 spiro atoms. The molecule has 0 radical (unpaired) electrons. The molecule has 5 aromatic rings. The highest BCUT2D eigenvalue weighted by atomic mass is 35.5. The summed E-state index contributed by atoms with van der Waals surface area (Å²) in [5.41, 5.74) is 4.47. The largest absolute Gasteiger partial charge is 0.356 e. The van der Waals surface area contributed by atoms with E-state index in [4.69, 9.17) is 25.8 Å². The van der Waals surface area contributed by atoms with Crippen LogP contribution in [0.15, 0.2) is 115 Å². The summed E-state index contributed by atoms with van der Waals surface area (Å²) in [6, 6.07) is 30.9. The summed E-state index contributed by atoms with van der Waals surface area (Å²) in [4.78, 5) is 13.0. The van der Waals surface area contributed by atoms with E-state index in [1.807, 2.05) is 73.0 Å². The van der Waals surface area contributed by atoms with Crippen molar-refractivity contribution >= 4 is 22.8 Å². The minimum Gasteiger partial charge on any atom is -0.356 e. The van der Waals surface area contributed by atoms with Crippen molar-refractivity contribution in [3.8, 4) is 0 Å². The fourth-order valence-electron chi connectivity index (χ4n) is 6.11. The molecular formula is C33H29ClN4O3. The molecule has 1 fully saturated rings. The van der Waals surface area contributed by atoms with Gasteiger partial charge in [0.15, 0.2) is 16.6 Å². The number of imidazole rings is 1. The Morgan fingerprint density at radius 3 is 2.00 bits per heavy atom. The Balaban J connectivity index is 1.33. The number of halogens is 1. The van der Waals surface area contributed by atoms with E-state index in [1.165, 1.54) is 6.33 Å². The topological polar surface area (TPSA) is 71.3 Å². The minimum atomic E-state index is -0.852. The average Bonchev–Trinajstić information content (AvgIpc) is 3.67. The highest BCUT2D eigenvalue weighted by molar-refractivity contribution is 6.33. The Labute approximate surface area is 243 Å². The number of ether oxygens (including phenoxy) is 3. The zero-order chi connectivity index (χ0) is 28.0. The van der Waals surface area contributed by atoms with Gasteiger partial charge in [-0.3, -0.25) is 0 Å². The number of hydrogen-bond acceptors (Lipinski definition) is 6. The summed E-state index contributed by atoms with van der Waals surface area (Å²) in [7, 11) is 0. The van der Waals surface area contributed by atoms with Crippen molar-refractivity contribution in [2.75, 3.05) is 6.61 Å². The number of aromatic nitrogens is 4. The van der Waals surface area contributed by atoms with Crippen molar-refractivity contribution in [2.24, 2.45) is 0 Å². The lowest BCUT2D eigenvalue weighted by Gasteiger charge is -2.36. The Hall–Kier alpha value is -3.88. The molecule has 0 amide bonds. The van der Waals surface area contributed by atoms with E-state index in [1.54, 1.807) is 6.33 Å². The van der Waals surface area contributed by atoms with Crippen LogP contribution < -0.4 is 0 Å². The molecule has 7 rings (SSSR count). The highest BCUT2D eigenvalue weighted by Crippen LogP contribution is 2.46. The van der Waals surface area contributed by atoms with Crippen LogP contribution in [0, 0.1) is 0 Å². The van der Waals surface area contributed by atoms with Gasteiger partial charge in [0.1, 0.15) is 29.7 Å². The summed E-state index contributed by atoms with van der Waals surface area (Å²) in [5, 5.41) is 0.318. The maximum absolute atomic E-state index is 7.15. The number of rotatable bonds is 7. The predicted octanol–water partition coefficient (Wildman–Crippen LogP) is 6.49. The van der Waals surface area contributed by atoms with Gasteiger partial charge in [-0.2, -0.15) is 0 Å². The highest BCUT2D eigenvalue weighted by Gasteiger charge is 2.51. The summed E-state index contributed by atoms with van der Waals surface area (Å²) in [5.74, 6) is -0.758. The molecule has 1 aliphatic carbocycles. The zero-order valence-electron chi connectivity index (χ0n) is 22.7. The van der Waals surface area contributed by atoms with Gasteiger partial charge in [-0.15, -0.1) is 0 Å². The second-order valence-electron chi connectivity index (χ2n) is 10.8. The molecule has 3 aromatic carbocycles. The molecule has 2 aliphatic rings. The third kappa shape index (κ3) is 4.46. The molecule has 0 N–H and O–H groups in total. The number of hydrogen-bond donors (Lipinski definition) is 0. The first kappa shape index (κ1) is 26.0. The van der Waals surface area contributed by atoms with Gasteiger partial charge in [0.25, 0.3) is 0 Å². The van der Waals surface area contributed by atoms with Crippen LogP contribution >= 0.6 is 11.6 Å². The maximum Gasteiger partial charge on any atom is 0.165 e. The van der Waals surface area contributed by atoms with E-state index in [0.29, 0.717) is 22.9 Å². The first-order valence-corrected chi connectivity index (χ1v) is 14.0. The normalized spacial score (nSPS) is 21.6. The molecule has 8 heteroatoms. The van der Waals surface area contributed by atoms with Gasteiger partial charge in [0, 0.05) is 0 Å². The fourth-order valence-corrected chi connectivity index (χ4v) is 6.28. The van der Waals surface area contributed by atoms with E-state index in [2.05, 4.69) is 57.4 Å². The molecule has 0 saturated carbocycles. The van der Waals surface area contributed by atoms with E-state index < -0.39 is 11.4 Å². The number of fused-ring (bicyclic) bond motifs is 2. The van der Waals surface area contributed by atoms with E-state index in [-0.39, 0.29) is 18.2 Å². The third-order valence-electron chi connectivity index (χ3n) is 7.85. The lowest BCUT2D eigenvalue weighted by molar-refractivity contribution is -0.148. The molecule has 0 unspecified atom stereocenters. The van der Waals surface area contributed by atoms with Crippen molar-refractivity contribution in [3.05, 3.63) is 137 Å². The van der Waals surface area contributed by atoms with Crippen molar-refractivity contribution in [1.29, 1.82) is 0 Å². The van der Waals surface area contributed by atoms with Crippen LogP contribution in [-0.2, 0) is 19.8 Å². The summed E-state index contributed by atoms with van der Waals surface area (Å²) in [6.07, 6.45) is 4.77. The smallest absolute Gasteiger partial charge is 0.165 e. The van der Waals surface area contributed by atoms with E-state index in [0.717, 1.165) is 22.3 Å². The first-order chi connectivity index (χ1) is 20.0. The number of benzene rings is 3. The van der Waals surface area contributed by atoms with E-state index >= 15 is 0 Å². The van der Waals surface area contributed by atoms with Crippen LogP contribution in [0.4, 0.5) is 0 Å². The second-order valence-corrected chi connectivity index (χ2v) is 11.2. The van der Waals surface area contributed by atoms with Gasteiger partial charge in [0.2, 0.25) is 0 Å². The van der Waals surface area contributed by atoms with Gasteiger partial charge < -0.3 is 18.8 Å². The van der Waals surface area contributed by atoms with Gasteiger partial charge in [-0.1, -0.05) is 109 Å². The zero-order valence-corrected chi connectivity index (χ0v) is 23.5. The molecule has 0 bridgehead atoms. The average molecular weight is 565 g/mol. The molecule has 3 atom stereocenters. The molecule has 3 heterocycles. The Morgan fingerprint density at radius 2 is 1.41 bits per heavy atom. The van der Waals surface area contributed by atoms with Crippen molar-refractivity contribution < 1.29 is 14.2 Å². The quantitative estimate of drug-likeness (QED) is 0.128. The van der Waals surface area contributed by atoms with Crippen LogP contribution in [0.3, 0.4) is 0 Å². The van der Waals surface area contributed by atoms with Crippen LogP contribution in [0.5, 0.6) is 0 Å². The molecule has 1 aliphatic heterocycles. The molecule has 1 saturated heterocycles. The second kappa shape index (κ2) is 10.2. The summed E-state index contributed by atoms with van der Waals surface area (Å²) in [6.45, 7) is 4.19. The summed E-state index contributed by atoms with van der Waals surface area (Å²) < 4.78 is 22.0. The lowest BCUT2D eigenvalue weighted by Crippen LogP contribution is -2.35. The van der Waals surface area contributed by atoms with Crippen molar-refractivity contribution in [2.45, 2.75) is 43.5 Å². The molecule has 7 nitrogen and oxygen atoms in total. The Kier molecular flexibility index (Phi) is 6.47. The minimum absolute atomic E-state index is 0.212. The number of nitrogens with zero attached hydrogens (tertiary/aromatic N) is 4. The van der Waals surface area contributed by atoms with Crippen molar-refractivity contribution in [1.82, 2.24) is 19.5 Å². The van der Waals surface area contributed by atoms with Gasteiger partial charge in [-0.05, 0) is 36.1 Å². The van der Waals surface area contributed by atoms with Gasteiger partial charge >= 0.3 is 0 Å². The first-order valence-electron chi connectivity index (χ1n) is 13.7. The monoisotopic (exact) mass is 564 g/mol. The van der Waals surface area contributed by atoms with E-state index in [9.17, 15) is 0 Å². The summed E-state index contributed by atoms with van der Waals surface area (Å²) >= 11 is 6.32. The van der Waals surface area contributed by atoms with Crippen LogP contribution in [0.25, 0.3) is 11.2 Å². The van der Waals surface area contributed by atoms with Gasteiger partial charge in [0.05, 0.1) is 19.0 Å². The molecule has 206 valence electrons. The van der Waals surface area contributed by atoms with Crippen molar-refractivity contribution in [3.63, 3.8) is 0 Å². The lowest BCUT2D eigenvalue weighted by atomic mass is 9.80. The predicted molar refractivity (Wildman–Crippen MR) is 156 cm³/mol. The SMILES string of the molecule is CC1(C)O[C@@H]2[C@H](O1)C(COC(c1ccccc1)(c1ccccc1)c1ccccc1)=C[C@H]2n1cnc2c(Cl)ncnc21. The molecule has 2 aromatic heterocycles. The fraction of sp³-hybridized carbons (Fsp3) is 0.242. The standard InChI is InChI=1S/C33H29ClN4O3/c1-32(2)40-28-22(18-26(29(28)41-32)38-21-37-27-30(34)35-20-36-31(27)38)19-39-33(23-12-6-3-7-13-23,24-14-8-4-9-15-24)25-16-10-5-11-17-25/h3-18,20-21,26,28-29H,19H2,1-2H3/t26-,28-,29+/m1/s1. The van der Waals surface area contributed by atoms with Crippen LogP contribution in [0.2, 0.25) is 5.15 Å². The Morgan fingerprint density at radius 1 is 0.829 bits per heavy atom. The third-order valence-corrected chi connectivity index (χ3v) is 8.12. The van der Waals surface area contributed by atoms with Crippen LogP contribution in [0.1, 0.15) is 36.6 Å². The van der Waals surface area contributed by atoms with Crippen LogP contribution in [-0.4, -0.2) is 44.1 Å². The Bertz CT molecular complexity index is 1610. The molecular weight excluding hydrogens is 536 g/mol. The van der Waals surface area contributed by atoms with Gasteiger partial charge in [-0.25, -0.2) is 15.0 Å². The molecule has 41 heavy (non-hydrogen) atoms.